The zero-order chi connectivity index (χ0) is 15.3. The predicted octanol–water partition coefficient (Wildman–Crippen LogP) is 3.28. The summed E-state index contributed by atoms with van der Waals surface area (Å²) < 4.78 is 18.6. The van der Waals surface area contributed by atoms with Crippen molar-refractivity contribution in [3.05, 3.63) is 34.9 Å². The van der Waals surface area contributed by atoms with Crippen LogP contribution in [-0.4, -0.2) is 24.0 Å². The van der Waals surface area contributed by atoms with Crippen molar-refractivity contribution in [1.29, 1.82) is 0 Å². The minimum absolute atomic E-state index is 0.262. The van der Waals surface area contributed by atoms with Crippen molar-refractivity contribution >= 4 is 11.8 Å². The van der Waals surface area contributed by atoms with E-state index >= 15 is 0 Å². The number of Topliss-reactive ketones (excluding diaryl/α,β-unsaturated/α-hetero) is 1. The molecule has 1 unspecified atom stereocenters. The normalized spacial score (nSPS) is 12.3. The number of halogens is 1. The van der Waals surface area contributed by atoms with Crippen molar-refractivity contribution in [2.75, 3.05) is 0 Å². The van der Waals surface area contributed by atoms with Crippen molar-refractivity contribution in [3.8, 4) is 0 Å². The molecule has 0 heterocycles. The molecule has 0 aliphatic heterocycles. The van der Waals surface area contributed by atoms with E-state index < -0.39 is 24.0 Å². The maximum Gasteiger partial charge on any atom is 0.349 e. The van der Waals surface area contributed by atoms with Crippen molar-refractivity contribution < 1.29 is 18.7 Å². The number of ketones is 1. The Bertz CT molecular complexity index is 494. The molecule has 110 valence electrons. The van der Waals surface area contributed by atoms with Gasteiger partial charge in [-0.2, -0.15) is 0 Å². The standard InChI is InChI=1S/C16H21FO3/c1-5-11-7-8-13(12(6-2)9-11)15(18)14(17)16(19)20-10(3)4/h7-10,14H,5-6H2,1-4H3. The third kappa shape index (κ3) is 3.89. The second-order valence-electron chi connectivity index (χ2n) is 4.91. The van der Waals surface area contributed by atoms with E-state index in [1.165, 1.54) is 0 Å². The van der Waals surface area contributed by atoms with Crippen LogP contribution in [-0.2, 0) is 22.4 Å². The van der Waals surface area contributed by atoms with Crippen LogP contribution < -0.4 is 0 Å². The highest BCUT2D eigenvalue weighted by Gasteiger charge is 2.30. The van der Waals surface area contributed by atoms with Crippen LogP contribution in [0.3, 0.4) is 0 Å². The zero-order valence-corrected chi connectivity index (χ0v) is 12.4. The van der Waals surface area contributed by atoms with E-state index in [-0.39, 0.29) is 5.56 Å². The lowest BCUT2D eigenvalue weighted by molar-refractivity contribution is -0.151. The van der Waals surface area contributed by atoms with Crippen molar-refractivity contribution in [2.24, 2.45) is 0 Å². The van der Waals surface area contributed by atoms with E-state index in [9.17, 15) is 14.0 Å². The first-order chi connectivity index (χ1) is 9.40. The van der Waals surface area contributed by atoms with Crippen LogP contribution >= 0.6 is 0 Å². The third-order valence-corrected chi connectivity index (χ3v) is 3.01. The van der Waals surface area contributed by atoms with Crippen LogP contribution in [0.1, 0.15) is 49.2 Å². The second kappa shape index (κ2) is 7.17. The molecule has 1 rings (SSSR count). The number of aryl methyl sites for hydroxylation is 2. The van der Waals surface area contributed by atoms with Gasteiger partial charge in [0.1, 0.15) is 0 Å². The Kier molecular flexibility index (Phi) is 5.86. The summed E-state index contributed by atoms with van der Waals surface area (Å²) in [5.41, 5.74) is 2.10. The topological polar surface area (TPSA) is 43.4 Å². The average Bonchev–Trinajstić information content (AvgIpc) is 2.44. The van der Waals surface area contributed by atoms with Gasteiger partial charge in [0.25, 0.3) is 6.17 Å². The smallest absolute Gasteiger partial charge is 0.349 e. The van der Waals surface area contributed by atoms with Crippen molar-refractivity contribution in [3.63, 3.8) is 0 Å². The van der Waals surface area contributed by atoms with Gasteiger partial charge in [-0.15, -0.1) is 0 Å². The van der Waals surface area contributed by atoms with E-state index in [0.29, 0.717) is 6.42 Å². The van der Waals surface area contributed by atoms with Crippen molar-refractivity contribution in [2.45, 2.75) is 52.8 Å². The molecule has 0 saturated heterocycles. The molecular formula is C16H21FO3. The number of carbonyl (C=O) groups excluding carboxylic acids is 2. The molecule has 20 heavy (non-hydrogen) atoms. The Balaban J connectivity index is 2.99. The molecule has 0 aliphatic carbocycles. The summed E-state index contributed by atoms with van der Waals surface area (Å²) >= 11 is 0. The van der Waals surface area contributed by atoms with Crippen molar-refractivity contribution in [1.82, 2.24) is 0 Å². The van der Waals surface area contributed by atoms with Crippen LogP contribution in [0.4, 0.5) is 4.39 Å². The fourth-order valence-electron chi connectivity index (χ4n) is 1.94. The highest BCUT2D eigenvalue weighted by atomic mass is 19.1. The van der Waals surface area contributed by atoms with E-state index in [1.807, 2.05) is 19.9 Å². The molecule has 0 radical (unpaired) electrons. The summed E-state index contributed by atoms with van der Waals surface area (Å²) in [6, 6.07) is 5.26. The van der Waals surface area contributed by atoms with Gasteiger partial charge in [-0.1, -0.05) is 32.0 Å². The number of ether oxygens (including phenoxy) is 1. The molecule has 0 aliphatic rings. The highest BCUT2D eigenvalue weighted by molar-refractivity contribution is 6.11. The lowest BCUT2D eigenvalue weighted by Gasteiger charge is -2.13. The fraction of sp³-hybridized carbons (Fsp3) is 0.500. The minimum Gasteiger partial charge on any atom is -0.460 e. The number of rotatable bonds is 6. The van der Waals surface area contributed by atoms with Crippen LogP contribution in [0, 0.1) is 0 Å². The number of benzene rings is 1. The Morgan fingerprint density at radius 1 is 1.20 bits per heavy atom. The lowest BCUT2D eigenvalue weighted by Crippen LogP contribution is -2.30. The number of esters is 1. The Labute approximate surface area is 119 Å². The SMILES string of the molecule is CCc1ccc(C(=O)C(F)C(=O)OC(C)C)c(CC)c1. The summed E-state index contributed by atoms with van der Waals surface area (Å²) in [5, 5.41) is 0. The largest absolute Gasteiger partial charge is 0.460 e. The molecule has 0 aromatic heterocycles. The van der Waals surface area contributed by atoms with Crippen LogP contribution in [0.2, 0.25) is 0 Å². The van der Waals surface area contributed by atoms with Crippen LogP contribution in [0.25, 0.3) is 0 Å². The van der Waals surface area contributed by atoms with Gasteiger partial charge in [0, 0.05) is 5.56 Å². The molecule has 0 spiro atoms. The van der Waals surface area contributed by atoms with Gasteiger partial charge in [0.15, 0.2) is 0 Å². The molecular weight excluding hydrogens is 259 g/mol. The summed E-state index contributed by atoms with van der Waals surface area (Å²) in [6.07, 6.45) is -1.24. The van der Waals surface area contributed by atoms with Crippen LogP contribution in [0.5, 0.6) is 0 Å². The summed E-state index contributed by atoms with van der Waals surface area (Å²) in [6.45, 7) is 7.13. The van der Waals surface area contributed by atoms with Gasteiger partial charge < -0.3 is 4.74 Å². The number of carbonyl (C=O) groups is 2. The monoisotopic (exact) mass is 280 g/mol. The molecule has 0 bridgehead atoms. The molecule has 1 atom stereocenters. The lowest BCUT2D eigenvalue weighted by atomic mass is 9.96. The second-order valence-corrected chi connectivity index (χ2v) is 4.91. The maximum absolute atomic E-state index is 13.9. The summed E-state index contributed by atoms with van der Waals surface area (Å²) in [7, 11) is 0. The average molecular weight is 280 g/mol. The van der Waals surface area contributed by atoms with Gasteiger partial charge in [-0.05, 0) is 37.8 Å². The molecule has 0 fully saturated rings. The third-order valence-electron chi connectivity index (χ3n) is 3.01. The first-order valence-electron chi connectivity index (χ1n) is 6.91. The van der Waals surface area contributed by atoms with E-state index in [1.54, 1.807) is 26.0 Å². The Morgan fingerprint density at radius 2 is 1.85 bits per heavy atom. The van der Waals surface area contributed by atoms with E-state index in [2.05, 4.69) is 0 Å². The Hall–Kier alpha value is -1.71. The zero-order valence-electron chi connectivity index (χ0n) is 12.4. The molecule has 4 heteroatoms. The molecule has 1 aromatic carbocycles. The maximum atomic E-state index is 13.9. The molecule has 0 N–H and O–H groups in total. The quantitative estimate of drug-likeness (QED) is 0.456. The number of hydrogen-bond donors (Lipinski definition) is 0. The van der Waals surface area contributed by atoms with Gasteiger partial charge in [-0.25, -0.2) is 9.18 Å². The molecule has 3 nitrogen and oxygen atoms in total. The fourth-order valence-corrected chi connectivity index (χ4v) is 1.94. The minimum atomic E-state index is -2.25. The molecule has 0 amide bonds. The molecule has 1 aromatic rings. The van der Waals surface area contributed by atoms with E-state index in [0.717, 1.165) is 17.5 Å². The summed E-state index contributed by atoms with van der Waals surface area (Å²) in [4.78, 5) is 23.5. The Morgan fingerprint density at radius 3 is 2.35 bits per heavy atom. The van der Waals surface area contributed by atoms with Gasteiger partial charge in [0.05, 0.1) is 6.10 Å². The summed E-state index contributed by atoms with van der Waals surface area (Å²) in [5.74, 6) is -1.94. The van der Waals surface area contributed by atoms with Crippen LogP contribution in [0.15, 0.2) is 18.2 Å². The van der Waals surface area contributed by atoms with Gasteiger partial charge in [0.2, 0.25) is 5.78 Å². The van der Waals surface area contributed by atoms with Gasteiger partial charge >= 0.3 is 5.97 Å². The first kappa shape index (κ1) is 16.3. The highest BCUT2D eigenvalue weighted by Crippen LogP contribution is 2.17. The number of alkyl halides is 1. The number of hydrogen-bond acceptors (Lipinski definition) is 3. The first-order valence-corrected chi connectivity index (χ1v) is 6.91. The molecule has 0 saturated carbocycles. The predicted molar refractivity (Wildman–Crippen MR) is 75.7 cm³/mol. The van der Waals surface area contributed by atoms with E-state index in [4.69, 9.17) is 4.74 Å². The van der Waals surface area contributed by atoms with Gasteiger partial charge in [-0.3, -0.25) is 4.79 Å².